The molecule has 0 spiro atoms. The lowest BCUT2D eigenvalue weighted by atomic mass is 10.1. The lowest BCUT2D eigenvalue weighted by Crippen LogP contribution is -3.08. The van der Waals surface area contributed by atoms with Crippen LogP contribution in [-0.4, -0.2) is 58.6 Å². The highest BCUT2D eigenvalue weighted by molar-refractivity contribution is 5.93. The molecule has 0 aliphatic heterocycles. The van der Waals surface area contributed by atoms with Crippen molar-refractivity contribution in [2.24, 2.45) is 0 Å². The van der Waals surface area contributed by atoms with E-state index in [0.29, 0.717) is 36.7 Å². The summed E-state index contributed by atoms with van der Waals surface area (Å²) in [6.45, 7) is 1.57. The standard InChI is InChI=1S/C22H29N3O4/c1-23-22(27)18-9-6-16(7-10-18)13-24(2)15-21(26)25(3)14-17-8-11-19(28-4)20(12-17)29-5/h6-12H,13-15H2,1-5H3,(H,23,27)/p+1. The van der Waals surface area contributed by atoms with Crippen LogP contribution in [0.5, 0.6) is 11.5 Å². The third kappa shape index (κ3) is 6.22. The molecule has 2 aromatic rings. The van der Waals surface area contributed by atoms with E-state index in [9.17, 15) is 9.59 Å². The van der Waals surface area contributed by atoms with Crippen LogP contribution in [0.15, 0.2) is 42.5 Å². The maximum absolute atomic E-state index is 12.6. The molecule has 0 aliphatic carbocycles. The van der Waals surface area contributed by atoms with Gasteiger partial charge in [-0.1, -0.05) is 18.2 Å². The third-order valence-corrected chi connectivity index (χ3v) is 4.70. The second kappa shape index (κ2) is 10.5. The number of benzene rings is 2. The number of quaternary nitrogens is 1. The van der Waals surface area contributed by atoms with Crippen LogP contribution in [0.2, 0.25) is 0 Å². The van der Waals surface area contributed by atoms with E-state index in [1.807, 2.05) is 37.4 Å². The predicted octanol–water partition coefficient (Wildman–Crippen LogP) is 0.737. The Bertz CT molecular complexity index is 836. The number of hydrogen-bond donors (Lipinski definition) is 2. The van der Waals surface area contributed by atoms with Gasteiger partial charge in [-0.15, -0.1) is 0 Å². The molecule has 0 saturated carbocycles. The summed E-state index contributed by atoms with van der Waals surface area (Å²) in [4.78, 5) is 27.0. The van der Waals surface area contributed by atoms with Gasteiger partial charge < -0.3 is 24.6 Å². The Hall–Kier alpha value is -3.06. The topological polar surface area (TPSA) is 72.3 Å². The van der Waals surface area contributed by atoms with Crippen molar-refractivity contribution in [3.8, 4) is 11.5 Å². The van der Waals surface area contributed by atoms with Crippen molar-refractivity contribution in [3.05, 3.63) is 59.2 Å². The molecular weight excluding hydrogens is 370 g/mol. The maximum atomic E-state index is 12.6. The van der Waals surface area contributed by atoms with Crippen molar-refractivity contribution in [1.29, 1.82) is 0 Å². The molecule has 2 amide bonds. The van der Waals surface area contributed by atoms with Gasteiger partial charge in [-0.25, -0.2) is 0 Å². The number of likely N-dealkylation sites (N-methyl/N-ethyl adjacent to an activating group) is 2. The van der Waals surface area contributed by atoms with Gasteiger partial charge in [0.15, 0.2) is 18.0 Å². The van der Waals surface area contributed by atoms with E-state index in [2.05, 4.69) is 5.32 Å². The van der Waals surface area contributed by atoms with Crippen LogP contribution >= 0.6 is 0 Å². The molecule has 0 fully saturated rings. The highest BCUT2D eigenvalue weighted by atomic mass is 16.5. The fourth-order valence-corrected chi connectivity index (χ4v) is 3.06. The summed E-state index contributed by atoms with van der Waals surface area (Å²) in [5.74, 6) is 1.26. The average molecular weight is 400 g/mol. The quantitative estimate of drug-likeness (QED) is 0.651. The van der Waals surface area contributed by atoms with Crippen LogP contribution < -0.4 is 19.7 Å². The van der Waals surface area contributed by atoms with E-state index >= 15 is 0 Å². The Morgan fingerprint density at radius 1 is 1.00 bits per heavy atom. The van der Waals surface area contributed by atoms with Gasteiger partial charge in [0.2, 0.25) is 0 Å². The van der Waals surface area contributed by atoms with E-state index in [0.717, 1.165) is 16.0 Å². The molecule has 7 heteroatoms. The van der Waals surface area contributed by atoms with E-state index in [1.54, 1.807) is 45.3 Å². The minimum atomic E-state index is -0.107. The monoisotopic (exact) mass is 400 g/mol. The molecule has 0 heterocycles. The predicted molar refractivity (Wildman–Crippen MR) is 111 cm³/mol. The number of rotatable bonds is 9. The number of amides is 2. The largest absolute Gasteiger partial charge is 0.493 e. The normalized spacial score (nSPS) is 11.5. The Balaban J connectivity index is 1.90. The fraction of sp³-hybridized carbons (Fsp3) is 0.364. The van der Waals surface area contributed by atoms with Gasteiger partial charge in [0.1, 0.15) is 6.54 Å². The molecule has 1 atom stereocenters. The number of carbonyl (C=O) groups is 2. The van der Waals surface area contributed by atoms with Crippen LogP contribution in [0.3, 0.4) is 0 Å². The zero-order valence-corrected chi connectivity index (χ0v) is 17.7. The summed E-state index contributed by atoms with van der Waals surface area (Å²) in [5.41, 5.74) is 2.67. The van der Waals surface area contributed by atoms with Gasteiger partial charge in [0, 0.05) is 31.8 Å². The van der Waals surface area contributed by atoms with Crippen molar-refractivity contribution < 1.29 is 24.0 Å². The van der Waals surface area contributed by atoms with E-state index < -0.39 is 0 Å². The number of hydrogen-bond acceptors (Lipinski definition) is 4. The van der Waals surface area contributed by atoms with E-state index in [4.69, 9.17) is 9.47 Å². The minimum absolute atomic E-state index is 0.0549. The van der Waals surface area contributed by atoms with E-state index in [-0.39, 0.29) is 11.8 Å². The molecule has 0 aromatic heterocycles. The first kappa shape index (κ1) is 22.2. The van der Waals surface area contributed by atoms with Gasteiger partial charge in [-0.05, 0) is 29.8 Å². The van der Waals surface area contributed by atoms with Gasteiger partial charge in [-0.2, -0.15) is 0 Å². The van der Waals surface area contributed by atoms with Crippen LogP contribution in [0.25, 0.3) is 0 Å². The molecule has 29 heavy (non-hydrogen) atoms. The molecule has 1 unspecified atom stereocenters. The Kier molecular flexibility index (Phi) is 8.03. The minimum Gasteiger partial charge on any atom is -0.493 e. The number of carbonyl (C=O) groups excluding carboxylic acids is 2. The average Bonchev–Trinajstić information content (AvgIpc) is 2.73. The number of nitrogens with zero attached hydrogens (tertiary/aromatic N) is 1. The first-order valence-corrected chi connectivity index (χ1v) is 9.45. The zero-order chi connectivity index (χ0) is 21.4. The Morgan fingerprint density at radius 2 is 1.62 bits per heavy atom. The van der Waals surface area contributed by atoms with E-state index in [1.165, 1.54) is 0 Å². The number of nitrogens with one attached hydrogen (secondary N) is 2. The van der Waals surface area contributed by atoms with Gasteiger partial charge in [-0.3, -0.25) is 9.59 Å². The summed E-state index contributed by atoms with van der Waals surface area (Å²) in [7, 11) is 8.57. The second-order valence-electron chi connectivity index (χ2n) is 7.03. The summed E-state index contributed by atoms with van der Waals surface area (Å²) < 4.78 is 10.6. The highest BCUT2D eigenvalue weighted by Gasteiger charge is 2.16. The van der Waals surface area contributed by atoms with Crippen molar-refractivity contribution in [3.63, 3.8) is 0 Å². The molecule has 7 nitrogen and oxygen atoms in total. The van der Waals surface area contributed by atoms with Crippen LogP contribution in [0, 0.1) is 0 Å². The van der Waals surface area contributed by atoms with Crippen LogP contribution in [-0.2, 0) is 17.9 Å². The Morgan fingerprint density at radius 3 is 2.21 bits per heavy atom. The summed E-state index contributed by atoms with van der Waals surface area (Å²) >= 11 is 0. The first-order chi connectivity index (χ1) is 13.9. The molecule has 0 aliphatic rings. The molecular formula is C22H30N3O4+. The molecule has 2 aromatic carbocycles. The fourth-order valence-electron chi connectivity index (χ4n) is 3.06. The molecule has 156 valence electrons. The van der Waals surface area contributed by atoms with Crippen LogP contribution in [0.4, 0.5) is 0 Å². The molecule has 2 N–H and O–H groups in total. The summed E-state index contributed by atoms with van der Waals surface area (Å²) in [6, 6.07) is 13.1. The maximum Gasteiger partial charge on any atom is 0.277 e. The first-order valence-electron chi connectivity index (χ1n) is 9.45. The smallest absolute Gasteiger partial charge is 0.277 e. The molecule has 0 saturated heterocycles. The third-order valence-electron chi connectivity index (χ3n) is 4.70. The summed E-state index contributed by atoms with van der Waals surface area (Å²) in [6.07, 6.45) is 0. The lowest BCUT2D eigenvalue weighted by Gasteiger charge is -2.21. The summed E-state index contributed by atoms with van der Waals surface area (Å²) in [5, 5.41) is 2.60. The van der Waals surface area contributed by atoms with Crippen molar-refractivity contribution in [2.45, 2.75) is 13.1 Å². The Labute approximate surface area is 172 Å². The molecule has 0 bridgehead atoms. The number of methoxy groups -OCH3 is 2. The van der Waals surface area contributed by atoms with Gasteiger partial charge >= 0.3 is 0 Å². The lowest BCUT2D eigenvalue weighted by molar-refractivity contribution is -0.885. The van der Waals surface area contributed by atoms with Crippen molar-refractivity contribution in [2.75, 3.05) is 41.9 Å². The molecule has 2 rings (SSSR count). The highest BCUT2D eigenvalue weighted by Crippen LogP contribution is 2.27. The van der Waals surface area contributed by atoms with Crippen molar-refractivity contribution >= 4 is 11.8 Å². The zero-order valence-electron chi connectivity index (χ0n) is 17.7. The molecule has 0 radical (unpaired) electrons. The van der Waals surface area contributed by atoms with Gasteiger partial charge in [0.05, 0.1) is 21.3 Å². The van der Waals surface area contributed by atoms with Crippen molar-refractivity contribution in [1.82, 2.24) is 10.2 Å². The second-order valence-corrected chi connectivity index (χ2v) is 7.03. The SMILES string of the molecule is CNC(=O)c1ccc(C[NH+](C)CC(=O)N(C)Cc2ccc(OC)c(OC)c2)cc1. The van der Waals surface area contributed by atoms with Gasteiger partial charge in [0.25, 0.3) is 11.8 Å². The number of ether oxygens (including phenoxy) is 2. The van der Waals surface area contributed by atoms with Crippen LogP contribution in [0.1, 0.15) is 21.5 Å².